The van der Waals surface area contributed by atoms with E-state index in [0.29, 0.717) is 18.0 Å². The molecule has 0 radical (unpaired) electrons. The second-order valence-corrected chi connectivity index (χ2v) is 7.92. The van der Waals surface area contributed by atoms with Crippen LogP contribution in [0, 0.1) is 5.92 Å². The zero-order chi connectivity index (χ0) is 19.8. The molecule has 0 amide bonds. The number of aromatic nitrogens is 2. The van der Waals surface area contributed by atoms with Crippen LogP contribution >= 0.6 is 0 Å². The Morgan fingerprint density at radius 3 is 2.14 bits per heavy atom. The van der Waals surface area contributed by atoms with Crippen LogP contribution in [0.25, 0.3) is 0 Å². The molecule has 3 fully saturated rings. The van der Waals surface area contributed by atoms with Gasteiger partial charge in [-0.05, 0) is 32.1 Å². The quantitative estimate of drug-likeness (QED) is 0.455. The van der Waals surface area contributed by atoms with Crippen molar-refractivity contribution in [1.29, 1.82) is 0 Å². The number of aliphatic imine (C=N–C) groups is 1. The zero-order valence-corrected chi connectivity index (χ0v) is 16.4. The molecule has 2 bridgehead atoms. The predicted molar refractivity (Wildman–Crippen MR) is 112 cm³/mol. The Kier molecular flexibility index (Phi) is 4.31. The zero-order valence-electron chi connectivity index (χ0n) is 16.4. The fraction of sp³-hybridized carbons (Fsp3) is 0.292. The molecule has 5 nitrogen and oxygen atoms in total. The SMILES string of the molecule is CCOC(=O)c1nn(C23CC(C2)C3)cc1N=C(c1ccccc1)c1ccccc1. The molecule has 3 saturated carbocycles. The standard InChI is InChI=1S/C24H23N3O2/c1-2-29-23(28)22-20(16-27(26-22)24-13-17(14-24)15-24)25-21(18-9-5-3-6-10-18)19-11-7-4-8-12-19/h3-12,16-17H,2,13-15H2,1H3. The fourth-order valence-electron chi connectivity index (χ4n) is 4.36. The van der Waals surface area contributed by atoms with Gasteiger partial charge in [-0.2, -0.15) is 5.10 Å². The number of rotatable bonds is 6. The van der Waals surface area contributed by atoms with Crippen molar-refractivity contribution in [3.63, 3.8) is 0 Å². The van der Waals surface area contributed by atoms with Crippen molar-refractivity contribution in [1.82, 2.24) is 9.78 Å². The van der Waals surface area contributed by atoms with Crippen LogP contribution in [0.5, 0.6) is 0 Å². The van der Waals surface area contributed by atoms with Crippen LogP contribution in [0.15, 0.2) is 71.9 Å². The molecule has 29 heavy (non-hydrogen) atoms. The molecule has 0 atom stereocenters. The fourth-order valence-corrected chi connectivity index (χ4v) is 4.36. The highest BCUT2D eigenvalue weighted by molar-refractivity contribution is 6.14. The van der Waals surface area contributed by atoms with Gasteiger partial charge in [0.1, 0.15) is 5.69 Å². The highest BCUT2D eigenvalue weighted by atomic mass is 16.5. The smallest absolute Gasteiger partial charge is 0.361 e. The monoisotopic (exact) mass is 385 g/mol. The van der Waals surface area contributed by atoms with E-state index in [4.69, 9.17) is 9.73 Å². The molecule has 146 valence electrons. The molecule has 0 saturated heterocycles. The highest BCUT2D eigenvalue weighted by Crippen LogP contribution is 2.62. The van der Waals surface area contributed by atoms with Crippen LogP contribution in [0.3, 0.4) is 0 Å². The summed E-state index contributed by atoms with van der Waals surface area (Å²) in [6, 6.07) is 20.0. The molecule has 0 spiro atoms. The first-order chi connectivity index (χ1) is 14.2. The van der Waals surface area contributed by atoms with Crippen LogP contribution in [0.4, 0.5) is 5.69 Å². The first kappa shape index (κ1) is 17.9. The summed E-state index contributed by atoms with van der Waals surface area (Å²) in [5, 5.41) is 4.64. The Morgan fingerprint density at radius 1 is 1.07 bits per heavy atom. The number of benzene rings is 2. The molecule has 1 heterocycles. The first-order valence-electron chi connectivity index (χ1n) is 10.2. The molecule has 3 aliphatic carbocycles. The van der Waals surface area contributed by atoms with Gasteiger partial charge in [0.15, 0.2) is 5.69 Å². The third-order valence-corrected chi connectivity index (χ3v) is 5.98. The van der Waals surface area contributed by atoms with Gasteiger partial charge in [0.2, 0.25) is 0 Å². The number of carbonyl (C=O) groups excluding carboxylic acids is 1. The van der Waals surface area contributed by atoms with Crippen molar-refractivity contribution in [3.05, 3.63) is 83.7 Å². The molecule has 0 aliphatic heterocycles. The molecule has 3 aliphatic rings. The number of nitrogens with zero attached hydrogens (tertiary/aromatic N) is 3. The van der Waals surface area contributed by atoms with Crippen LogP contribution in [-0.2, 0) is 10.3 Å². The van der Waals surface area contributed by atoms with Crippen molar-refractivity contribution >= 4 is 17.4 Å². The van der Waals surface area contributed by atoms with Gasteiger partial charge in [-0.1, -0.05) is 60.7 Å². The molecule has 2 aromatic carbocycles. The molecule has 1 aromatic heterocycles. The Hall–Kier alpha value is -3.21. The number of ether oxygens (including phenoxy) is 1. The molecule has 5 heteroatoms. The van der Waals surface area contributed by atoms with Crippen LogP contribution in [0.2, 0.25) is 0 Å². The van der Waals surface area contributed by atoms with Gasteiger partial charge in [0.05, 0.1) is 24.1 Å². The van der Waals surface area contributed by atoms with E-state index in [1.807, 2.05) is 71.5 Å². The normalized spacial score (nSPS) is 21.6. The van der Waals surface area contributed by atoms with Crippen LogP contribution in [0.1, 0.15) is 47.8 Å². The second kappa shape index (κ2) is 6.99. The summed E-state index contributed by atoms with van der Waals surface area (Å²) in [6.45, 7) is 2.12. The lowest BCUT2D eigenvalue weighted by molar-refractivity contribution is -0.0979. The summed E-state index contributed by atoms with van der Waals surface area (Å²) in [4.78, 5) is 17.6. The average molecular weight is 385 g/mol. The van der Waals surface area contributed by atoms with E-state index < -0.39 is 5.97 Å². The molecule has 3 aromatic rings. The summed E-state index contributed by atoms with van der Waals surface area (Å²) in [5.74, 6) is 0.401. The van der Waals surface area contributed by atoms with E-state index in [0.717, 1.165) is 42.0 Å². The lowest BCUT2D eigenvalue weighted by atomic mass is 9.50. The van der Waals surface area contributed by atoms with E-state index in [1.165, 1.54) is 0 Å². The van der Waals surface area contributed by atoms with Gasteiger partial charge in [0, 0.05) is 11.1 Å². The number of hydrogen-bond donors (Lipinski definition) is 0. The summed E-state index contributed by atoms with van der Waals surface area (Å²) in [6.07, 6.45) is 5.35. The number of carbonyl (C=O) groups is 1. The summed E-state index contributed by atoms with van der Waals surface area (Å²) >= 11 is 0. The summed E-state index contributed by atoms with van der Waals surface area (Å²) < 4.78 is 7.23. The third kappa shape index (κ3) is 3.07. The van der Waals surface area contributed by atoms with Gasteiger partial charge in [0.25, 0.3) is 0 Å². The minimum atomic E-state index is -0.419. The maximum Gasteiger partial charge on any atom is 0.361 e. The van der Waals surface area contributed by atoms with Crippen molar-refractivity contribution in [3.8, 4) is 0 Å². The highest BCUT2D eigenvalue weighted by Gasteiger charge is 2.58. The molecular weight excluding hydrogens is 362 g/mol. The number of esters is 1. The minimum Gasteiger partial charge on any atom is -0.461 e. The van der Waals surface area contributed by atoms with Gasteiger partial charge in [-0.3, -0.25) is 4.68 Å². The Labute approximate surface area is 170 Å². The number of hydrogen-bond acceptors (Lipinski definition) is 4. The topological polar surface area (TPSA) is 56.5 Å². The molecule has 0 unspecified atom stereocenters. The van der Waals surface area contributed by atoms with Crippen molar-refractivity contribution in [2.24, 2.45) is 10.9 Å². The minimum absolute atomic E-state index is 0.0827. The van der Waals surface area contributed by atoms with E-state index in [1.54, 1.807) is 6.92 Å². The first-order valence-corrected chi connectivity index (χ1v) is 10.2. The second-order valence-electron chi connectivity index (χ2n) is 7.92. The Morgan fingerprint density at radius 2 is 1.66 bits per heavy atom. The summed E-state index contributed by atoms with van der Waals surface area (Å²) in [5.41, 5.74) is 3.74. The Bertz CT molecular complexity index is 1010. The van der Waals surface area contributed by atoms with Gasteiger partial charge in [-0.15, -0.1) is 0 Å². The van der Waals surface area contributed by atoms with E-state index in [2.05, 4.69) is 5.10 Å². The molecular formula is C24H23N3O2. The van der Waals surface area contributed by atoms with Crippen molar-refractivity contribution < 1.29 is 9.53 Å². The van der Waals surface area contributed by atoms with E-state index in [9.17, 15) is 4.79 Å². The van der Waals surface area contributed by atoms with Crippen molar-refractivity contribution in [2.45, 2.75) is 31.7 Å². The largest absolute Gasteiger partial charge is 0.461 e. The summed E-state index contributed by atoms with van der Waals surface area (Å²) in [7, 11) is 0. The van der Waals surface area contributed by atoms with Crippen LogP contribution in [-0.4, -0.2) is 28.1 Å². The van der Waals surface area contributed by atoms with Gasteiger partial charge in [-0.25, -0.2) is 9.79 Å². The average Bonchev–Trinajstić information content (AvgIpc) is 3.09. The Balaban J connectivity index is 1.63. The van der Waals surface area contributed by atoms with Crippen LogP contribution < -0.4 is 0 Å². The van der Waals surface area contributed by atoms with Crippen molar-refractivity contribution in [2.75, 3.05) is 6.61 Å². The van der Waals surface area contributed by atoms with Gasteiger partial charge >= 0.3 is 5.97 Å². The lowest BCUT2D eigenvalue weighted by Crippen LogP contribution is -2.59. The maximum absolute atomic E-state index is 12.6. The third-order valence-electron chi connectivity index (χ3n) is 5.98. The van der Waals surface area contributed by atoms with E-state index in [-0.39, 0.29) is 5.54 Å². The van der Waals surface area contributed by atoms with E-state index >= 15 is 0 Å². The maximum atomic E-state index is 12.6. The molecule has 6 rings (SSSR count). The molecule has 0 N–H and O–H groups in total. The van der Waals surface area contributed by atoms with Gasteiger partial charge < -0.3 is 4.74 Å². The lowest BCUT2D eigenvalue weighted by Gasteiger charge is -2.61. The predicted octanol–water partition coefficient (Wildman–Crippen LogP) is 4.74.